The number of thiocarbonyl (C=S) groups is 1. The van der Waals surface area contributed by atoms with Crippen LogP contribution < -0.4 is 16.2 Å². The van der Waals surface area contributed by atoms with E-state index in [-0.39, 0.29) is 5.91 Å². The number of aryl methyl sites for hydroxylation is 1. The van der Waals surface area contributed by atoms with Crippen molar-refractivity contribution in [2.45, 2.75) is 13.3 Å². The predicted molar refractivity (Wildman–Crippen MR) is 94.3 cm³/mol. The molecule has 0 bridgehead atoms. The molecule has 0 aromatic heterocycles. The highest BCUT2D eigenvalue weighted by Gasteiger charge is 2.09. The number of nitrogens with zero attached hydrogens (tertiary/aromatic N) is 1. The zero-order chi connectivity index (χ0) is 16.5. The van der Waals surface area contributed by atoms with Gasteiger partial charge in [0.05, 0.1) is 13.2 Å². The highest BCUT2D eigenvalue weighted by atomic mass is 32.1. The average Bonchev–Trinajstić information content (AvgIpc) is 2.58. The van der Waals surface area contributed by atoms with Crippen LogP contribution in [0.1, 0.15) is 22.3 Å². The summed E-state index contributed by atoms with van der Waals surface area (Å²) in [4.78, 5) is 14.3. The van der Waals surface area contributed by atoms with Crippen molar-refractivity contribution in [3.63, 3.8) is 0 Å². The molecule has 7 heteroatoms. The Kier molecular flexibility index (Phi) is 7.25. The van der Waals surface area contributed by atoms with Crippen molar-refractivity contribution in [1.82, 2.24) is 21.1 Å². The summed E-state index contributed by atoms with van der Waals surface area (Å²) in [5.41, 5.74) is 7.02. The summed E-state index contributed by atoms with van der Waals surface area (Å²) in [6.45, 7) is 7.40. The number of hydrazine groups is 1. The van der Waals surface area contributed by atoms with E-state index in [1.165, 1.54) is 0 Å². The first-order valence-electron chi connectivity index (χ1n) is 7.86. The molecule has 1 aliphatic heterocycles. The number of nitrogens with one attached hydrogen (secondary N) is 3. The number of ether oxygens (including phenoxy) is 1. The lowest BCUT2D eigenvalue weighted by Gasteiger charge is -2.26. The highest BCUT2D eigenvalue weighted by molar-refractivity contribution is 7.80. The Hall–Kier alpha value is -1.70. The van der Waals surface area contributed by atoms with Gasteiger partial charge in [0, 0.05) is 25.2 Å². The molecule has 1 amide bonds. The number of carbonyl (C=O) groups excluding carboxylic acids is 1. The minimum atomic E-state index is -0.206. The Morgan fingerprint density at radius 3 is 2.61 bits per heavy atom. The lowest BCUT2D eigenvalue weighted by atomic mass is 10.1. The summed E-state index contributed by atoms with van der Waals surface area (Å²) in [6, 6.07) is 7.37. The SMILES string of the molecule is Cc1ccc(C(=O)NNC(=S)NCCCN2CCOCC2)cc1. The fourth-order valence-electron chi connectivity index (χ4n) is 2.26. The van der Waals surface area contributed by atoms with E-state index in [2.05, 4.69) is 21.1 Å². The molecule has 6 nitrogen and oxygen atoms in total. The zero-order valence-corrected chi connectivity index (χ0v) is 14.2. The second-order valence-corrected chi connectivity index (χ2v) is 5.92. The highest BCUT2D eigenvalue weighted by Crippen LogP contribution is 2.02. The van der Waals surface area contributed by atoms with Gasteiger partial charge >= 0.3 is 0 Å². The standard InChI is InChI=1S/C16H24N4O2S/c1-13-3-5-14(6-4-13)15(21)18-19-16(23)17-7-2-8-20-9-11-22-12-10-20/h3-6H,2,7-12H2,1H3,(H,18,21)(H2,17,19,23). The van der Waals surface area contributed by atoms with Crippen LogP contribution in [0.3, 0.4) is 0 Å². The molecule has 0 unspecified atom stereocenters. The van der Waals surface area contributed by atoms with E-state index < -0.39 is 0 Å². The summed E-state index contributed by atoms with van der Waals surface area (Å²) in [5, 5.41) is 3.51. The molecule has 1 aromatic rings. The van der Waals surface area contributed by atoms with Gasteiger partial charge < -0.3 is 10.1 Å². The quantitative estimate of drug-likeness (QED) is 0.420. The summed E-state index contributed by atoms with van der Waals surface area (Å²) in [5.74, 6) is -0.206. The average molecular weight is 336 g/mol. The third-order valence-electron chi connectivity index (χ3n) is 3.64. The normalized spacial score (nSPS) is 15.0. The maximum atomic E-state index is 11.9. The van der Waals surface area contributed by atoms with Crippen molar-refractivity contribution in [1.29, 1.82) is 0 Å². The first-order valence-corrected chi connectivity index (χ1v) is 8.27. The van der Waals surface area contributed by atoms with Crippen LogP contribution in [-0.2, 0) is 4.74 Å². The maximum absolute atomic E-state index is 11.9. The topological polar surface area (TPSA) is 65.6 Å². The third-order valence-corrected chi connectivity index (χ3v) is 3.89. The second-order valence-electron chi connectivity index (χ2n) is 5.51. The van der Waals surface area contributed by atoms with Gasteiger partial charge in [-0.2, -0.15) is 0 Å². The summed E-state index contributed by atoms with van der Waals surface area (Å²) in [6.07, 6.45) is 0.994. The molecule has 1 aromatic carbocycles. The van der Waals surface area contributed by atoms with Crippen LogP contribution in [0.2, 0.25) is 0 Å². The van der Waals surface area contributed by atoms with Gasteiger partial charge in [-0.05, 0) is 44.2 Å². The molecule has 2 rings (SSSR count). The number of rotatable bonds is 5. The number of hydrogen-bond acceptors (Lipinski definition) is 4. The first-order chi connectivity index (χ1) is 11.1. The Bertz CT molecular complexity index is 515. The molecule has 23 heavy (non-hydrogen) atoms. The molecular formula is C16H24N4O2S. The van der Waals surface area contributed by atoms with Crippen molar-refractivity contribution < 1.29 is 9.53 Å². The monoisotopic (exact) mass is 336 g/mol. The van der Waals surface area contributed by atoms with Crippen LogP contribution in [0.5, 0.6) is 0 Å². The number of morpholine rings is 1. The molecule has 126 valence electrons. The molecular weight excluding hydrogens is 312 g/mol. The molecule has 0 atom stereocenters. The molecule has 0 aliphatic carbocycles. The van der Waals surface area contributed by atoms with Crippen LogP contribution in [0, 0.1) is 6.92 Å². The van der Waals surface area contributed by atoms with Gasteiger partial charge in [0.2, 0.25) is 0 Å². The van der Waals surface area contributed by atoms with E-state index in [1.807, 2.05) is 19.1 Å². The molecule has 1 aliphatic rings. The minimum absolute atomic E-state index is 0.206. The largest absolute Gasteiger partial charge is 0.379 e. The Labute approximate surface area is 142 Å². The third kappa shape index (κ3) is 6.52. The molecule has 0 spiro atoms. The molecule has 1 fully saturated rings. The lowest BCUT2D eigenvalue weighted by molar-refractivity contribution is 0.0376. The summed E-state index contributed by atoms with van der Waals surface area (Å²) < 4.78 is 5.31. The maximum Gasteiger partial charge on any atom is 0.269 e. The van der Waals surface area contributed by atoms with Crippen LogP contribution in [0.25, 0.3) is 0 Å². The molecule has 0 radical (unpaired) electrons. The molecule has 1 saturated heterocycles. The van der Waals surface area contributed by atoms with Crippen molar-refractivity contribution in [2.75, 3.05) is 39.4 Å². The molecule has 3 N–H and O–H groups in total. The van der Waals surface area contributed by atoms with E-state index >= 15 is 0 Å². The van der Waals surface area contributed by atoms with Gasteiger partial charge in [-0.25, -0.2) is 0 Å². The summed E-state index contributed by atoms with van der Waals surface area (Å²) in [7, 11) is 0. The number of amides is 1. The fraction of sp³-hybridized carbons (Fsp3) is 0.500. The predicted octanol–water partition coefficient (Wildman–Crippen LogP) is 0.826. The Balaban J connectivity index is 1.57. The lowest BCUT2D eigenvalue weighted by Crippen LogP contribution is -2.47. The van der Waals surface area contributed by atoms with Gasteiger partial charge in [-0.1, -0.05) is 17.7 Å². The minimum Gasteiger partial charge on any atom is -0.379 e. The van der Waals surface area contributed by atoms with Crippen molar-refractivity contribution in [3.8, 4) is 0 Å². The Morgan fingerprint density at radius 1 is 1.22 bits per heavy atom. The fourth-order valence-corrected chi connectivity index (χ4v) is 2.42. The Morgan fingerprint density at radius 2 is 1.91 bits per heavy atom. The van der Waals surface area contributed by atoms with Crippen LogP contribution in [0.4, 0.5) is 0 Å². The zero-order valence-electron chi connectivity index (χ0n) is 13.4. The first kappa shape index (κ1) is 17.7. The smallest absolute Gasteiger partial charge is 0.269 e. The number of carbonyl (C=O) groups is 1. The number of benzene rings is 1. The molecule has 1 heterocycles. The van der Waals surface area contributed by atoms with Crippen molar-refractivity contribution in [2.24, 2.45) is 0 Å². The second kappa shape index (κ2) is 9.44. The van der Waals surface area contributed by atoms with Crippen molar-refractivity contribution in [3.05, 3.63) is 35.4 Å². The van der Waals surface area contributed by atoms with Crippen LogP contribution in [-0.4, -0.2) is 55.3 Å². The van der Waals surface area contributed by atoms with Crippen LogP contribution >= 0.6 is 12.2 Å². The van der Waals surface area contributed by atoms with E-state index in [0.29, 0.717) is 10.7 Å². The van der Waals surface area contributed by atoms with Crippen LogP contribution in [0.15, 0.2) is 24.3 Å². The van der Waals surface area contributed by atoms with E-state index in [0.717, 1.165) is 51.4 Å². The van der Waals surface area contributed by atoms with Gasteiger partial charge in [-0.3, -0.25) is 20.5 Å². The molecule has 0 saturated carbocycles. The van der Waals surface area contributed by atoms with Gasteiger partial charge in [0.25, 0.3) is 5.91 Å². The van der Waals surface area contributed by atoms with E-state index in [1.54, 1.807) is 12.1 Å². The van der Waals surface area contributed by atoms with E-state index in [4.69, 9.17) is 17.0 Å². The number of hydrogen-bond donors (Lipinski definition) is 3. The van der Waals surface area contributed by atoms with Gasteiger partial charge in [0.1, 0.15) is 0 Å². The van der Waals surface area contributed by atoms with Gasteiger partial charge in [-0.15, -0.1) is 0 Å². The van der Waals surface area contributed by atoms with E-state index in [9.17, 15) is 4.79 Å². The summed E-state index contributed by atoms with van der Waals surface area (Å²) >= 11 is 5.14. The van der Waals surface area contributed by atoms with Gasteiger partial charge in [0.15, 0.2) is 5.11 Å². The van der Waals surface area contributed by atoms with Crippen molar-refractivity contribution >= 4 is 23.2 Å².